The number of piperidine rings is 1. The first-order valence-corrected chi connectivity index (χ1v) is 33.2. The van der Waals surface area contributed by atoms with E-state index in [0.29, 0.717) is 12.7 Å². The van der Waals surface area contributed by atoms with E-state index in [1.807, 2.05) is 0 Å². The van der Waals surface area contributed by atoms with Crippen molar-refractivity contribution in [2.24, 2.45) is 0 Å². The van der Waals surface area contributed by atoms with E-state index in [1.54, 1.807) is 0 Å². The van der Waals surface area contributed by atoms with E-state index in [2.05, 4.69) is 75.7 Å². The third-order valence-electron chi connectivity index (χ3n) is 9.17. The Kier molecular flexibility index (Phi) is 23.2. The first kappa shape index (κ1) is 44.6. The molecule has 276 valence electrons. The molecule has 0 aromatic carbocycles. The molecule has 0 aliphatic carbocycles. The highest BCUT2D eigenvalue weighted by molar-refractivity contribution is 6.82. The van der Waals surface area contributed by atoms with Crippen LogP contribution in [0.15, 0.2) is 0 Å². The normalized spacial score (nSPS) is 20.3. The van der Waals surface area contributed by atoms with Crippen molar-refractivity contribution < 1.29 is 24.1 Å². The Morgan fingerprint density at radius 2 is 1.22 bits per heavy atom. The fourth-order valence-electron chi connectivity index (χ4n) is 5.59. The highest BCUT2D eigenvalue weighted by atomic mass is 28.3. The summed E-state index contributed by atoms with van der Waals surface area (Å²) in [7, 11) is -3.73. The van der Waals surface area contributed by atoms with Crippen LogP contribution in [0.2, 0.25) is 102 Å². The van der Waals surface area contributed by atoms with Crippen LogP contribution in [0.1, 0.15) is 32.1 Å². The van der Waals surface area contributed by atoms with Crippen LogP contribution in [0.5, 0.6) is 0 Å². The van der Waals surface area contributed by atoms with Crippen molar-refractivity contribution >= 4 is 32.3 Å². The minimum Gasteiger partial charge on any atom is -0.389 e. The van der Waals surface area contributed by atoms with E-state index in [-0.39, 0.29) is 6.10 Å². The second-order valence-electron chi connectivity index (χ2n) is 18.1. The van der Waals surface area contributed by atoms with E-state index in [4.69, 9.17) is 18.9 Å². The Morgan fingerprint density at radius 1 is 0.717 bits per heavy atom. The van der Waals surface area contributed by atoms with Gasteiger partial charge in [-0.1, -0.05) is 108 Å². The molecule has 46 heavy (non-hydrogen) atoms. The molecule has 0 aromatic rings. The number of nitrogens with one attached hydrogen (secondary N) is 1. The fourth-order valence-corrected chi connectivity index (χ4v) is 19.7. The first-order chi connectivity index (χ1) is 21.5. The zero-order chi connectivity index (χ0) is 34.5. The van der Waals surface area contributed by atoms with Crippen LogP contribution in [-0.2, 0) is 18.9 Å². The molecule has 0 bridgehead atoms. The van der Waals surface area contributed by atoms with Crippen LogP contribution >= 0.6 is 0 Å². The predicted octanol–water partition coefficient (Wildman–Crippen LogP) is 7.73. The number of nitrogens with zero attached hydrogens (tertiary/aromatic N) is 1. The Morgan fingerprint density at radius 3 is 1.63 bits per heavy atom. The van der Waals surface area contributed by atoms with Crippen molar-refractivity contribution in [3.8, 4) is 0 Å². The summed E-state index contributed by atoms with van der Waals surface area (Å²) in [4.78, 5) is 2.38. The van der Waals surface area contributed by atoms with Gasteiger partial charge in [0.15, 0.2) is 0 Å². The zero-order valence-electron chi connectivity index (χ0n) is 32.4. The Balaban J connectivity index is 0.000000399. The molecule has 11 heteroatoms. The Hall–Kier alpha value is 0.588. The van der Waals surface area contributed by atoms with Gasteiger partial charge in [-0.2, -0.15) is 0 Å². The quantitative estimate of drug-likeness (QED) is 0.0758. The highest BCUT2D eigenvalue weighted by Gasteiger charge is 2.26. The number of hydrogen-bond donors (Lipinski definition) is 2. The van der Waals surface area contributed by atoms with Crippen molar-refractivity contribution in [1.29, 1.82) is 0 Å². The summed E-state index contributed by atoms with van der Waals surface area (Å²) in [5.74, 6) is 0. The van der Waals surface area contributed by atoms with Crippen molar-refractivity contribution in [1.82, 2.24) is 10.2 Å². The largest absolute Gasteiger partial charge is 0.389 e. The fraction of sp³-hybridized carbons (Fsp3) is 1.00. The minimum atomic E-state index is -1.04. The van der Waals surface area contributed by atoms with Crippen LogP contribution in [0.25, 0.3) is 0 Å². The average molecular weight is 721 g/mol. The van der Waals surface area contributed by atoms with Crippen LogP contribution in [0, 0.1) is 0 Å². The molecule has 3 aliphatic heterocycles. The summed E-state index contributed by atoms with van der Waals surface area (Å²) in [5.41, 5.74) is 0. The second-order valence-corrected chi connectivity index (χ2v) is 40.0. The summed E-state index contributed by atoms with van der Waals surface area (Å²) in [6.07, 6.45) is 6.44. The van der Waals surface area contributed by atoms with Crippen molar-refractivity contribution in [3.05, 3.63) is 0 Å². The lowest BCUT2D eigenvalue weighted by Gasteiger charge is -2.28. The molecular weight excluding hydrogens is 641 g/mol. The van der Waals surface area contributed by atoms with Gasteiger partial charge in [0.2, 0.25) is 0 Å². The number of epoxide rings is 1. The second kappa shape index (κ2) is 23.9. The van der Waals surface area contributed by atoms with Gasteiger partial charge in [0.25, 0.3) is 0 Å². The van der Waals surface area contributed by atoms with Crippen molar-refractivity contribution in [2.75, 3.05) is 79.0 Å². The van der Waals surface area contributed by atoms with Gasteiger partial charge < -0.3 is 34.3 Å². The van der Waals surface area contributed by atoms with E-state index in [1.165, 1.54) is 68.4 Å². The highest BCUT2D eigenvalue weighted by Crippen LogP contribution is 2.25. The number of β-amino-alcohol motifs (C(OH)–C–C–N with tert-alkyl or cyclic N) is 1. The van der Waals surface area contributed by atoms with Gasteiger partial charge in [0.1, 0.15) is 6.10 Å². The minimum absolute atomic E-state index is 0.315. The number of aliphatic hydroxyl groups is 1. The molecule has 3 fully saturated rings. The number of likely N-dealkylation sites (tertiary alicyclic amines) is 1. The standard InChI is InChI=1S/C18H41NO2Si2.C13H30O2Si2.C4H9NO/c1-22(2,3)14-15-23(4,5)13-9-12-21-17-18(20)16-19-10-7-6-8-11-19;1-16(2,3)9-10-17(4,5)8-6-7-14-11-13-12-15-13;1-3-6-4-2-5-1/h18,20H,6-17H2,1-5H3;13H,6-12H2,1-5H3;5H,1-4H2. The predicted molar refractivity (Wildman–Crippen MR) is 211 cm³/mol. The van der Waals surface area contributed by atoms with E-state index >= 15 is 0 Å². The monoisotopic (exact) mass is 721 g/mol. The lowest BCUT2D eigenvalue weighted by molar-refractivity contribution is 0.0138. The third kappa shape index (κ3) is 29.5. The maximum absolute atomic E-state index is 10.1. The Labute approximate surface area is 290 Å². The lowest BCUT2D eigenvalue weighted by Crippen LogP contribution is -2.38. The summed E-state index contributed by atoms with van der Waals surface area (Å²) >= 11 is 0. The van der Waals surface area contributed by atoms with Crippen molar-refractivity contribution in [2.45, 2.75) is 146 Å². The molecule has 3 heterocycles. The van der Waals surface area contributed by atoms with Gasteiger partial charge in [0.05, 0.1) is 39.1 Å². The average Bonchev–Trinajstić information content (AvgIpc) is 3.81. The summed E-state index contributed by atoms with van der Waals surface area (Å²) < 4.78 is 21.5. The molecule has 2 unspecified atom stereocenters. The number of ether oxygens (including phenoxy) is 4. The molecule has 2 N–H and O–H groups in total. The van der Waals surface area contributed by atoms with Gasteiger partial charge in [-0.15, -0.1) is 0 Å². The molecule has 3 aliphatic rings. The van der Waals surface area contributed by atoms with Gasteiger partial charge in [-0.25, -0.2) is 0 Å². The molecule has 3 saturated heterocycles. The molecule has 0 radical (unpaired) electrons. The number of hydrogen-bond acceptors (Lipinski definition) is 7. The topological polar surface area (TPSA) is 75.7 Å². The Bertz CT molecular complexity index is 724. The maximum Gasteiger partial charge on any atom is 0.104 e. The molecule has 3 rings (SSSR count). The summed E-state index contributed by atoms with van der Waals surface area (Å²) in [5, 5.41) is 13.2. The summed E-state index contributed by atoms with van der Waals surface area (Å²) in [6.45, 7) is 35.9. The maximum atomic E-state index is 10.1. The third-order valence-corrected chi connectivity index (χ3v) is 20.3. The molecule has 0 saturated carbocycles. The van der Waals surface area contributed by atoms with Gasteiger partial charge in [0, 0.05) is 65.1 Å². The van der Waals surface area contributed by atoms with Crippen LogP contribution in [0.3, 0.4) is 0 Å². The van der Waals surface area contributed by atoms with E-state index in [9.17, 15) is 5.11 Å². The SMILES string of the molecule is C1COCCN1.C[Si](C)(C)CC[Si](C)(C)CCCOCC(O)CN1CCCCC1.C[Si](C)(C)CC[Si](C)(C)CCCOCC1CO1. The lowest BCUT2D eigenvalue weighted by atomic mass is 10.1. The smallest absolute Gasteiger partial charge is 0.104 e. The number of rotatable bonds is 20. The molecule has 0 aromatic heterocycles. The molecular formula is C35H80N2O5Si4. The molecule has 7 nitrogen and oxygen atoms in total. The van der Waals surface area contributed by atoms with Gasteiger partial charge in [-0.3, -0.25) is 0 Å². The number of aliphatic hydroxyl groups excluding tert-OH is 1. The van der Waals surface area contributed by atoms with E-state index in [0.717, 1.165) is 72.4 Å². The van der Waals surface area contributed by atoms with Gasteiger partial charge in [-0.05, 0) is 38.8 Å². The van der Waals surface area contributed by atoms with Crippen LogP contribution < -0.4 is 5.32 Å². The van der Waals surface area contributed by atoms with Crippen LogP contribution in [0.4, 0.5) is 0 Å². The van der Waals surface area contributed by atoms with Crippen molar-refractivity contribution in [3.63, 3.8) is 0 Å². The molecule has 2 atom stereocenters. The van der Waals surface area contributed by atoms with Gasteiger partial charge >= 0.3 is 0 Å². The molecule has 0 amide bonds. The van der Waals surface area contributed by atoms with Crippen LogP contribution in [-0.4, -0.2) is 133 Å². The van der Waals surface area contributed by atoms with E-state index < -0.39 is 32.3 Å². The number of morpholine rings is 1. The zero-order valence-corrected chi connectivity index (χ0v) is 36.4. The summed E-state index contributed by atoms with van der Waals surface area (Å²) in [6, 6.07) is 8.74. The first-order valence-electron chi connectivity index (χ1n) is 18.9. The molecule has 0 spiro atoms.